The van der Waals surface area contributed by atoms with Crippen LogP contribution in [0.1, 0.15) is 51.1 Å². The average molecular weight is 481 g/mol. The van der Waals surface area contributed by atoms with Gasteiger partial charge in [-0.3, -0.25) is 4.68 Å². The molecule has 1 aliphatic rings. The van der Waals surface area contributed by atoms with Gasteiger partial charge in [-0.25, -0.2) is 18.4 Å². The van der Waals surface area contributed by atoms with Crippen molar-refractivity contribution < 1.29 is 13.9 Å². The molecular weight excluding hydrogens is 450 g/mol. The molecule has 0 saturated heterocycles. The first-order valence-corrected chi connectivity index (χ1v) is 12.1. The number of hydrogen-bond acceptors (Lipinski definition) is 5. The molecule has 2 aromatic heterocycles. The van der Waals surface area contributed by atoms with Gasteiger partial charge in [0.05, 0.1) is 18.1 Å². The van der Waals surface area contributed by atoms with Gasteiger partial charge in [-0.1, -0.05) is 25.8 Å². The summed E-state index contributed by atoms with van der Waals surface area (Å²) >= 11 is 0. The highest BCUT2D eigenvalue weighted by atomic mass is 19.1. The highest BCUT2D eigenvalue weighted by molar-refractivity contribution is 5.82. The quantitative estimate of drug-likeness (QED) is 0.387. The monoisotopic (exact) mass is 480 g/mol. The van der Waals surface area contributed by atoms with Crippen LogP contribution in [0.2, 0.25) is 0 Å². The van der Waals surface area contributed by atoms with Crippen LogP contribution >= 0.6 is 0 Å². The summed E-state index contributed by atoms with van der Waals surface area (Å²) in [5.74, 6) is -0.914. The summed E-state index contributed by atoms with van der Waals surface area (Å²) < 4.78 is 31.6. The second kappa shape index (κ2) is 9.37. The summed E-state index contributed by atoms with van der Waals surface area (Å²) in [6, 6.07) is 8.96. The number of aliphatic hydroxyl groups is 1. The second-order valence-electron chi connectivity index (χ2n) is 9.71. The zero-order chi connectivity index (χ0) is 24.6. The van der Waals surface area contributed by atoms with Gasteiger partial charge in [-0.2, -0.15) is 10.2 Å². The van der Waals surface area contributed by atoms with Crippen molar-refractivity contribution in [3.63, 3.8) is 0 Å². The molecule has 0 bridgehead atoms. The lowest BCUT2D eigenvalue weighted by atomic mass is 9.86. The maximum absolute atomic E-state index is 14.9. The van der Waals surface area contributed by atoms with Crippen molar-refractivity contribution in [3.05, 3.63) is 72.4 Å². The van der Waals surface area contributed by atoms with E-state index >= 15 is 0 Å². The summed E-state index contributed by atoms with van der Waals surface area (Å²) in [7, 11) is 0. The standard InChI is InChI=1S/C26H30F2N6O/c1-17-5-3-4-6-24(17)31-21-8-10-25-19(11-21)13-34(32-25)18(2)26(35,14-33-16-29-15-30-33)22-9-7-20(27)12-23(22)28/h7-13,15-18,24,31,35H,3-6,14H2,1-2H3/t17?,18-,24?,26-/m1/s1. The van der Waals surface area contributed by atoms with Crippen LogP contribution in [0.25, 0.3) is 10.9 Å². The van der Waals surface area contributed by atoms with E-state index in [1.165, 1.54) is 42.7 Å². The lowest BCUT2D eigenvalue weighted by Crippen LogP contribution is -2.40. The molecule has 9 heteroatoms. The Morgan fingerprint density at radius 1 is 1.17 bits per heavy atom. The molecule has 4 atom stereocenters. The third kappa shape index (κ3) is 4.65. The van der Waals surface area contributed by atoms with E-state index in [-0.39, 0.29) is 12.1 Å². The van der Waals surface area contributed by atoms with Crippen LogP contribution < -0.4 is 5.32 Å². The second-order valence-corrected chi connectivity index (χ2v) is 9.71. The number of rotatable bonds is 7. The lowest BCUT2D eigenvalue weighted by molar-refractivity contribution is -0.0366. The van der Waals surface area contributed by atoms with Crippen LogP contribution in [-0.2, 0) is 12.1 Å². The highest BCUT2D eigenvalue weighted by Gasteiger charge is 2.41. The number of aromatic nitrogens is 5. The van der Waals surface area contributed by atoms with Crippen molar-refractivity contribution in [2.24, 2.45) is 5.92 Å². The van der Waals surface area contributed by atoms with Gasteiger partial charge in [-0.05, 0) is 49.9 Å². The van der Waals surface area contributed by atoms with Gasteiger partial charge in [0.1, 0.15) is 29.9 Å². The molecule has 2 N–H and O–H groups in total. The number of anilines is 1. The van der Waals surface area contributed by atoms with Crippen molar-refractivity contribution in [1.82, 2.24) is 24.5 Å². The SMILES string of the molecule is CC1CCCCC1Nc1ccc2nn([C@H](C)[C@](O)(Cn3cncn3)c3ccc(F)cc3F)cc2c1. The van der Waals surface area contributed by atoms with Gasteiger partial charge in [0.25, 0.3) is 0 Å². The fraction of sp³-hybridized carbons (Fsp3) is 0.423. The Balaban J connectivity index is 1.48. The molecule has 0 radical (unpaired) electrons. The molecule has 1 saturated carbocycles. The van der Waals surface area contributed by atoms with E-state index < -0.39 is 23.3 Å². The molecule has 35 heavy (non-hydrogen) atoms. The summed E-state index contributed by atoms with van der Waals surface area (Å²) in [6.07, 6.45) is 9.56. The third-order valence-corrected chi connectivity index (χ3v) is 7.34. The normalized spacial score (nSPS) is 21.1. The first-order chi connectivity index (χ1) is 16.8. The molecule has 0 aliphatic heterocycles. The molecule has 2 aromatic carbocycles. The number of hydrogen-bond donors (Lipinski definition) is 2. The van der Waals surface area contributed by atoms with Crippen LogP contribution in [-0.4, -0.2) is 35.7 Å². The van der Waals surface area contributed by atoms with Gasteiger partial charge in [0, 0.05) is 34.9 Å². The van der Waals surface area contributed by atoms with Gasteiger partial charge >= 0.3 is 0 Å². The number of fused-ring (bicyclic) bond motifs is 1. The van der Waals surface area contributed by atoms with Crippen molar-refractivity contribution in [1.29, 1.82) is 0 Å². The number of nitrogens with one attached hydrogen (secondary N) is 1. The van der Waals surface area contributed by atoms with Gasteiger partial charge in [0.15, 0.2) is 0 Å². The van der Waals surface area contributed by atoms with Crippen molar-refractivity contribution in [3.8, 4) is 0 Å². The van der Waals surface area contributed by atoms with Crippen molar-refractivity contribution in [2.45, 2.75) is 63.8 Å². The number of benzene rings is 2. The maximum atomic E-state index is 14.9. The van der Waals surface area contributed by atoms with Crippen LogP contribution in [0.4, 0.5) is 14.5 Å². The number of nitrogens with zero attached hydrogens (tertiary/aromatic N) is 5. The summed E-state index contributed by atoms with van der Waals surface area (Å²) in [4.78, 5) is 3.92. The molecule has 2 unspecified atom stereocenters. The van der Waals surface area contributed by atoms with Crippen LogP contribution in [0.5, 0.6) is 0 Å². The van der Waals surface area contributed by atoms with Gasteiger partial charge in [-0.15, -0.1) is 0 Å². The summed E-state index contributed by atoms with van der Waals surface area (Å²) in [5.41, 5.74) is -0.00522. The average Bonchev–Trinajstić information content (AvgIpc) is 3.49. The molecule has 0 amide bonds. The van der Waals surface area contributed by atoms with Gasteiger partial charge < -0.3 is 10.4 Å². The third-order valence-electron chi connectivity index (χ3n) is 7.34. The Bertz CT molecular complexity index is 1310. The van der Waals surface area contributed by atoms with E-state index in [2.05, 4.69) is 33.5 Å². The minimum absolute atomic E-state index is 0.0323. The fourth-order valence-corrected chi connectivity index (χ4v) is 5.14. The predicted molar refractivity (Wildman–Crippen MR) is 130 cm³/mol. The van der Waals surface area contributed by atoms with E-state index in [1.54, 1.807) is 11.6 Å². The van der Waals surface area contributed by atoms with E-state index in [1.807, 2.05) is 18.3 Å². The smallest absolute Gasteiger partial charge is 0.137 e. The first-order valence-electron chi connectivity index (χ1n) is 12.1. The molecule has 2 heterocycles. The summed E-state index contributed by atoms with van der Waals surface area (Å²) in [6.45, 7) is 3.97. The molecule has 1 fully saturated rings. The molecule has 4 aromatic rings. The Morgan fingerprint density at radius 2 is 2.00 bits per heavy atom. The topological polar surface area (TPSA) is 80.8 Å². The molecule has 7 nitrogen and oxygen atoms in total. The van der Waals surface area contributed by atoms with E-state index in [9.17, 15) is 13.9 Å². The minimum atomic E-state index is -1.77. The molecule has 0 spiro atoms. The van der Waals surface area contributed by atoms with Crippen molar-refractivity contribution >= 4 is 16.6 Å². The van der Waals surface area contributed by atoms with Crippen molar-refractivity contribution in [2.75, 3.05) is 5.32 Å². The zero-order valence-corrected chi connectivity index (χ0v) is 19.9. The van der Waals surface area contributed by atoms with Crippen LogP contribution in [0.15, 0.2) is 55.2 Å². The highest BCUT2D eigenvalue weighted by Crippen LogP contribution is 2.37. The molecule has 184 valence electrons. The van der Waals surface area contributed by atoms with Crippen LogP contribution in [0, 0.1) is 17.6 Å². The molecule has 1 aliphatic carbocycles. The molecular formula is C26H30F2N6O. The van der Waals surface area contributed by atoms with E-state index in [4.69, 9.17) is 0 Å². The Labute approximate surface area is 202 Å². The maximum Gasteiger partial charge on any atom is 0.137 e. The Kier molecular flexibility index (Phi) is 6.27. The first kappa shape index (κ1) is 23.4. The Hall–Kier alpha value is -3.33. The predicted octanol–water partition coefficient (Wildman–Crippen LogP) is 5.05. The Morgan fingerprint density at radius 3 is 2.74 bits per heavy atom. The zero-order valence-electron chi connectivity index (χ0n) is 19.9. The lowest BCUT2D eigenvalue weighted by Gasteiger charge is -2.34. The summed E-state index contributed by atoms with van der Waals surface area (Å²) in [5, 5.41) is 25.2. The fourth-order valence-electron chi connectivity index (χ4n) is 5.14. The van der Waals surface area contributed by atoms with E-state index in [0.717, 1.165) is 35.1 Å². The largest absolute Gasteiger partial charge is 0.382 e. The minimum Gasteiger partial charge on any atom is -0.382 e. The molecule has 5 rings (SSSR count). The van der Waals surface area contributed by atoms with E-state index in [0.29, 0.717) is 12.0 Å². The number of halogens is 2. The van der Waals surface area contributed by atoms with Gasteiger partial charge in [0.2, 0.25) is 0 Å². The van der Waals surface area contributed by atoms with Crippen LogP contribution in [0.3, 0.4) is 0 Å².